The second-order valence-corrected chi connectivity index (χ2v) is 15.4. The molecule has 0 amide bonds. The molecule has 0 bridgehead atoms. The van der Waals surface area contributed by atoms with Gasteiger partial charge in [-0.15, -0.1) is 0 Å². The summed E-state index contributed by atoms with van der Waals surface area (Å²) < 4.78 is 0. The molecule has 0 aromatic heterocycles. The molecule has 1 unspecified atom stereocenters. The van der Waals surface area contributed by atoms with Crippen LogP contribution in [-0.2, 0) is 5.41 Å². The molecule has 3 nitrogen and oxygen atoms in total. The van der Waals surface area contributed by atoms with Crippen LogP contribution in [0.3, 0.4) is 0 Å². The zero-order valence-electron chi connectivity index (χ0n) is 31.8. The van der Waals surface area contributed by atoms with E-state index in [0.29, 0.717) is 0 Å². The van der Waals surface area contributed by atoms with Gasteiger partial charge in [0.15, 0.2) is 0 Å². The number of anilines is 3. The van der Waals surface area contributed by atoms with Crippen molar-refractivity contribution in [3.8, 4) is 22.3 Å². The van der Waals surface area contributed by atoms with E-state index in [1.807, 2.05) is 0 Å². The molecule has 8 aromatic carbocycles. The highest BCUT2D eigenvalue weighted by molar-refractivity contribution is 5.96. The van der Waals surface area contributed by atoms with Crippen molar-refractivity contribution < 1.29 is 0 Å². The molecule has 1 aliphatic carbocycles. The first-order valence-corrected chi connectivity index (χ1v) is 19.9. The van der Waals surface area contributed by atoms with Gasteiger partial charge in [0.05, 0.1) is 34.2 Å². The van der Waals surface area contributed by atoms with Crippen molar-refractivity contribution >= 4 is 28.5 Å². The van der Waals surface area contributed by atoms with E-state index in [-0.39, 0.29) is 6.04 Å². The molecular formula is C54H41N3. The first-order chi connectivity index (χ1) is 28.2. The van der Waals surface area contributed by atoms with Crippen molar-refractivity contribution in [1.82, 2.24) is 10.2 Å². The zero-order valence-corrected chi connectivity index (χ0v) is 31.8. The fourth-order valence-electron chi connectivity index (χ4n) is 9.89. The molecule has 57 heavy (non-hydrogen) atoms. The molecular weight excluding hydrogens is 691 g/mol. The number of hydrogen-bond donors (Lipinski definition) is 1. The number of nitrogens with one attached hydrogen (secondary N) is 1. The molecule has 1 spiro atoms. The summed E-state index contributed by atoms with van der Waals surface area (Å²) in [5.41, 5.74) is 19.4. The first kappa shape index (κ1) is 33.3. The van der Waals surface area contributed by atoms with Crippen LogP contribution in [0.4, 0.5) is 17.1 Å². The Morgan fingerprint density at radius 3 is 1.70 bits per heavy atom. The van der Waals surface area contributed by atoms with Crippen molar-refractivity contribution in [1.29, 1.82) is 0 Å². The maximum atomic E-state index is 4.02. The third kappa shape index (κ3) is 5.12. The summed E-state index contributed by atoms with van der Waals surface area (Å²) in [6.07, 6.45) is 0. The average molecular weight is 732 g/mol. The van der Waals surface area contributed by atoms with Crippen molar-refractivity contribution in [2.45, 2.75) is 11.5 Å². The normalized spacial score (nSPS) is 16.1. The Hall–Kier alpha value is -7.10. The Balaban J connectivity index is 1.06. The van der Waals surface area contributed by atoms with Gasteiger partial charge in [-0.05, 0) is 97.6 Å². The highest BCUT2D eigenvalue weighted by atomic mass is 15.2. The van der Waals surface area contributed by atoms with Gasteiger partial charge in [-0.1, -0.05) is 170 Å². The van der Waals surface area contributed by atoms with Gasteiger partial charge in [0.1, 0.15) is 0 Å². The van der Waals surface area contributed by atoms with Crippen LogP contribution < -0.4 is 10.2 Å². The Bertz CT molecular complexity index is 2780. The van der Waals surface area contributed by atoms with Crippen LogP contribution >= 0.6 is 0 Å². The molecule has 1 atom stereocenters. The molecule has 3 aliphatic rings. The van der Waals surface area contributed by atoms with Crippen LogP contribution in [0.2, 0.25) is 0 Å². The van der Waals surface area contributed by atoms with E-state index in [4.69, 9.17) is 0 Å². The summed E-state index contributed by atoms with van der Waals surface area (Å²) in [5.74, 6) is 0. The van der Waals surface area contributed by atoms with Crippen LogP contribution in [0.5, 0.6) is 0 Å². The van der Waals surface area contributed by atoms with Crippen LogP contribution in [0.25, 0.3) is 33.6 Å². The standard InChI is InChI=1S/C54H41N3/c1-56-36-49(55-52(37-18-5-2-6-19-37)53(56)38-20-7-3-8-21-38)41-23-17-22-39(34-41)40-32-33-44-43-26-11-12-27-45(43)54(48(44)35-40)46-28-13-15-30-50(46)57(42-24-9-4-10-25-42)51-31-16-14-29-47(51)54/h2-35,49,55H,36H2,1H3. The van der Waals surface area contributed by atoms with E-state index >= 15 is 0 Å². The monoisotopic (exact) mass is 731 g/mol. The number of nitrogens with zero attached hydrogens (tertiary/aromatic N) is 2. The molecule has 0 fully saturated rings. The minimum Gasteiger partial charge on any atom is -0.374 e. The highest BCUT2D eigenvalue weighted by Crippen LogP contribution is 2.63. The predicted molar refractivity (Wildman–Crippen MR) is 236 cm³/mol. The summed E-state index contributed by atoms with van der Waals surface area (Å²) in [6, 6.07) is 75.9. The van der Waals surface area contributed by atoms with Crippen LogP contribution in [0, 0.1) is 0 Å². The Labute approximate surface area is 334 Å². The summed E-state index contributed by atoms with van der Waals surface area (Å²) in [5, 5.41) is 4.02. The zero-order chi connectivity index (χ0) is 37.9. The van der Waals surface area contributed by atoms with Crippen molar-refractivity contribution in [2.24, 2.45) is 0 Å². The Kier molecular flexibility index (Phi) is 7.75. The smallest absolute Gasteiger partial charge is 0.0754 e. The minimum absolute atomic E-state index is 0.101. The summed E-state index contributed by atoms with van der Waals surface area (Å²) in [6.45, 7) is 0.845. The van der Waals surface area contributed by atoms with Gasteiger partial charge in [-0.3, -0.25) is 0 Å². The molecule has 2 heterocycles. The lowest BCUT2D eigenvalue weighted by atomic mass is 9.64. The van der Waals surface area contributed by atoms with Gasteiger partial charge in [0.2, 0.25) is 0 Å². The van der Waals surface area contributed by atoms with Gasteiger partial charge in [-0.25, -0.2) is 0 Å². The largest absolute Gasteiger partial charge is 0.374 e. The number of hydrogen-bond acceptors (Lipinski definition) is 3. The van der Waals surface area contributed by atoms with Gasteiger partial charge in [0.25, 0.3) is 0 Å². The van der Waals surface area contributed by atoms with E-state index in [9.17, 15) is 0 Å². The second-order valence-electron chi connectivity index (χ2n) is 15.4. The average Bonchev–Trinajstić information content (AvgIpc) is 3.57. The molecule has 11 rings (SSSR count). The minimum atomic E-state index is -0.491. The van der Waals surface area contributed by atoms with Crippen molar-refractivity contribution in [2.75, 3.05) is 18.5 Å². The number of likely N-dealkylation sites (N-methyl/N-ethyl adjacent to an activating group) is 1. The lowest BCUT2D eigenvalue weighted by Gasteiger charge is -2.45. The topological polar surface area (TPSA) is 18.5 Å². The van der Waals surface area contributed by atoms with Gasteiger partial charge in [0, 0.05) is 19.3 Å². The van der Waals surface area contributed by atoms with Gasteiger partial charge >= 0.3 is 0 Å². The van der Waals surface area contributed by atoms with E-state index in [2.05, 4.69) is 228 Å². The summed E-state index contributed by atoms with van der Waals surface area (Å²) >= 11 is 0. The van der Waals surface area contributed by atoms with Gasteiger partial charge in [-0.2, -0.15) is 0 Å². The van der Waals surface area contributed by atoms with Crippen LogP contribution in [-0.4, -0.2) is 18.5 Å². The van der Waals surface area contributed by atoms with Crippen LogP contribution in [0.1, 0.15) is 45.0 Å². The first-order valence-electron chi connectivity index (χ1n) is 19.9. The number of fused-ring (bicyclic) bond motifs is 9. The number of para-hydroxylation sites is 3. The van der Waals surface area contributed by atoms with Crippen molar-refractivity contribution in [3.05, 3.63) is 245 Å². The lowest BCUT2D eigenvalue weighted by molar-refractivity contribution is 0.394. The van der Waals surface area contributed by atoms with E-state index in [0.717, 1.165) is 17.9 Å². The highest BCUT2D eigenvalue weighted by Gasteiger charge is 2.51. The summed E-state index contributed by atoms with van der Waals surface area (Å²) in [4.78, 5) is 4.86. The molecule has 0 radical (unpaired) electrons. The molecule has 3 heteroatoms. The Morgan fingerprint density at radius 2 is 1.00 bits per heavy atom. The lowest BCUT2D eigenvalue weighted by Crippen LogP contribution is -2.38. The van der Waals surface area contributed by atoms with E-state index in [1.54, 1.807) is 0 Å². The maximum absolute atomic E-state index is 4.02. The number of benzene rings is 8. The second kappa shape index (κ2) is 13.3. The molecule has 2 aliphatic heterocycles. The molecule has 1 N–H and O–H groups in total. The third-order valence-corrected chi connectivity index (χ3v) is 12.3. The molecule has 272 valence electrons. The predicted octanol–water partition coefficient (Wildman–Crippen LogP) is 12.6. The maximum Gasteiger partial charge on any atom is 0.0754 e. The number of rotatable bonds is 5. The summed E-state index contributed by atoms with van der Waals surface area (Å²) in [7, 11) is 2.22. The fourth-order valence-corrected chi connectivity index (χ4v) is 9.89. The Morgan fingerprint density at radius 1 is 0.456 bits per heavy atom. The quantitative estimate of drug-likeness (QED) is 0.190. The third-order valence-electron chi connectivity index (χ3n) is 12.3. The van der Waals surface area contributed by atoms with Crippen molar-refractivity contribution in [3.63, 3.8) is 0 Å². The van der Waals surface area contributed by atoms with E-state index in [1.165, 1.54) is 78.3 Å². The van der Waals surface area contributed by atoms with Gasteiger partial charge < -0.3 is 15.1 Å². The molecule has 0 saturated heterocycles. The molecule has 0 saturated carbocycles. The van der Waals surface area contributed by atoms with Crippen LogP contribution in [0.15, 0.2) is 206 Å². The fraction of sp³-hybridized carbons (Fsp3) is 0.0741. The SMILES string of the molecule is CN1CC(c2cccc(-c3ccc4c(c3)C3(c5ccccc5-4)c4ccccc4N(c4ccccc4)c4ccccc43)c2)NC(c2ccccc2)=C1c1ccccc1. The van der Waals surface area contributed by atoms with E-state index < -0.39 is 5.41 Å². The molecule has 8 aromatic rings.